The lowest BCUT2D eigenvalue weighted by molar-refractivity contribution is -0.123. The molecule has 0 spiro atoms. The van der Waals surface area contributed by atoms with E-state index in [9.17, 15) is 13.2 Å². The van der Waals surface area contributed by atoms with Gasteiger partial charge in [-0.25, -0.2) is 8.42 Å². The van der Waals surface area contributed by atoms with Gasteiger partial charge in [0.1, 0.15) is 11.5 Å². The first-order valence-electron chi connectivity index (χ1n) is 9.15. The lowest BCUT2D eigenvalue weighted by Gasteiger charge is -2.13. The molecule has 7 nitrogen and oxygen atoms in total. The van der Waals surface area contributed by atoms with Crippen LogP contribution in [0.1, 0.15) is 25.7 Å². The van der Waals surface area contributed by atoms with Gasteiger partial charge in [-0.05, 0) is 49.2 Å². The van der Waals surface area contributed by atoms with E-state index in [0.29, 0.717) is 17.2 Å². The summed E-state index contributed by atoms with van der Waals surface area (Å²) in [6, 6.07) is 12.8. The molecule has 0 radical (unpaired) electrons. The molecule has 0 heterocycles. The second-order valence-corrected chi connectivity index (χ2v) is 8.33. The Morgan fingerprint density at radius 3 is 2.46 bits per heavy atom. The van der Waals surface area contributed by atoms with E-state index in [0.717, 1.165) is 25.7 Å². The lowest BCUT2D eigenvalue weighted by Crippen LogP contribution is -2.36. The Balaban J connectivity index is 1.57. The number of hydrogen-bond acceptors (Lipinski definition) is 5. The SMILES string of the molecule is COc1cccc(NS(=O)(=O)c2ccc(OCC(=O)NC3CCCC3)cc2)c1. The number of amides is 1. The van der Waals surface area contributed by atoms with Crippen molar-refractivity contribution in [3.05, 3.63) is 48.5 Å². The fraction of sp³-hybridized carbons (Fsp3) is 0.350. The maximum Gasteiger partial charge on any atom is 0.261 e. The molecule has 0 aliphatic heterocycles. The summed E-state index contributed by atoms with van der Waals surface area (Å²) in [6.07, 6.45) is 4.31. The van der Waals surface area contributed by atoms with Crippen LogP contribution in [0.5, 0.6) is 11.5 Å². The maximum absolute atomic E-state index is 12.5. The predicted octanol–water partition coefficient (Wildman–Crippen LogP) is 2.93. The minimum atomic E-state index is -3.74. The molecule has 0 aromatic heterocycles. The fourth-order valence-electron chi connectivity index (χ4n) is 3.10. The Bertz CT molecular complexity index is 906. The van der Waals surface area contributed by atoms with Crippen LogP contribution in [0.4, 0.5) is 5.69 Å². The number of rotatable bonds is 8. The van der Waals surface area contributed by atoms with Crippen molar-refractivity contribution in [3.8, 4) is 11.5 Å². The topological polar surface area (TPSA) is 93.7 Å². The fourth-order valence-corrected chi connectivity index (χ4v) is 4.15. The van der Waals surface area contributed by atoms with Gasteiger partial charge in [-0.3, -0.25) is 9.52 Å². The summed E-state index contributed by atoms with van der Waals surface area (Å²) in [5, 5.41) is 2.94. The van der Waals surface area contributed by atoms with E-state index in [2.05, 4.69) is 10.0 Å². The first-order chi connectivity index (χ1) is 13.5. The third kappa shape index (κ3) is 5.39. The predicted molar refractivity (Wildman–Crippen MR) is 106 cm³/mol. The molecule has 2 N–H and O–H groups in total. The molecule has 1 amide bonds. The highest BCUT2D eigenvalue weighted by Gasteiger charge is 2.18. The standard InChI is InChI=1S/C20H24N2O5S/c1-26-18-8-4-7-16(13-18)22-28(24,25)19-11-9-17(10-12-19)27-14-20(23)21-15-5-2-3-6-15/h4,7-13,15,22H,2-3,5-6,14H2,1H3,(H,21,23). The number of benzene rings is 2. The van der Waals surface area contributed by atoms with E-state index >= 15 is 0 Å². The van der Waals surface area contributed by atoms with Crippen LogP contribution >= 0.6 is 0 Å². The monoisotopic (exact) mass is 404 g/mol. The van der Waals surface area contributed by atoms with Gasteiger partial charge in [0.15, 0.2) is 6.61 Å². The molecule has 150 valence electrons. The highest BCUT2D eigenvalue weighted by Crippen LogP contribution is 2.22. The summed E-state index contributed by atoms with van der Waals surface area (Å²) in [6.45, 7) is -0.0926. The maximum atomic E-state index is 12.5. The van der Waals surface area contributed by atoms with Crippen molar-refractivity contribution in [1.29, 1.82) is 0 Å². The van der Waals surface area contributed by atoms with Crippen LogP contribution < -0.4 is 19.5 Å². The third-order valence-electron chi connectivity index (χ3n) is 4.55. The Morgan fingerprint density at radius 1 is 1.07 bits per heavy atom. The zero-order valence-electron chi connectivity index (χ0n) is 15.7. The zero-order valence-corrected chi connectivity index (χ0v) is 16.5. The summed E-state index contributed by atoms with van der Waals surface area (Å²) < 4.78 is 38.1. The van der Waals surface area contributed by atoms with Crippen LogP contribution in [-0.4, -0.2) is 34.1 Å². The second-order valence-electron chi connectivity index (χ2n) is 6.65. The van der Waals surface area contributed by atoms with E-state index < -0.39 is 10.0 Å². The molecule has 8 heteroatoms. The van der Waals surface area contributed by atoms with Crippen LogP contribution in [0.2, 0.25) is 0 Å². The van der Waals surface area contributed by atoms with Crippen molar-refractivity contribution >= 4 is 21.6 Å². The van der Waals surface area contributed by atoms with E-state index in [1.807, 2.05) is 0 Å². The Morgan fingerprint density at radius 2 is 1.79 bits per heavy atom. The first kappa shape index (κ1) is 20.0. The van der Waals surface area contributed by atoms with Crippen LogP contribution in [-0.2, 0) is 14.8 Å². The van der Waals surface area contributed by atoms with Gasteiger partial charge in [0.05, 0.1) is 17.7 Å². The molecule has 2 aromatic carbocycles. The van der Waals surface area contributed by atoms with Crippen LogP contribution in [0.3, 0.4) is 0 Å². The molecular weight excluding hydrogens is 380 g/mol. The number of ether oxygens (including phenoxy) is 2. The minimum Gasteiger partial charge on any atom is -0.497 e. The molecular formula is C20H24N2O5S. The van der Waals surface area contributed by atoms with Crippen molar-refractivity contribution in [2.45, 2.75) is 36.6 Å². The molecule has 28 heavy (non-hydrogen) atoms. The number of methoxy groups -OCH3 is 1. The quantitative estimate of drug-likeness (QED) is 0.706. The summed E-state index contributed by atoms with van der Waals surface area (Å²) >= 11 is 0. The summed E-state index contributed by atoms with van der Waals surface area (Å²) in [5.74, 6) is 0.824. The molecule has 0 saturated heterocycles. The second kappa shape index (κ2) is 8.97. The third-order valence-corrected chi connectivity index (χ3v) is 5.94. The highest BCUT2D eigenvalue weighted by molar-refractivity contribution is 7.92. The van der Waals surface area contributed by atoms with Crippen molar-refractivity contribution in [2.24, 2.45) is 0 Å². The molecule has 3 rings (SSSR count). The molecule has 1 saturated carbocycles. The van der Waals surface area contributed by atoms with Gasteiger partial charge < -0.3 is 14.8 Å². The minimum absolute atomic E-state index is 0.0926. The van der Waals surface area contributed by atoms with Gasteiger partial charge in [0.25, 0.3) is 15.9 Å². The number of carbonyl (C=O) groups is 1. The van der Waals surface area contributed by atoms with Crippen molar-refractivity contribution in [2.75, 3.05) is 18.4 Å². The lowest BCUT2D eigenvalue weighted by atomic mass is 10.2. The summed E-state index contributed by atoms with van der Waals surface area (Å²) in [5.41, 5.74) is 0.406. The van der Waals surface area contributed by atoms with Crippen molar-refractivity contribution in [3.63, 3.8) is 0 Å². The van der Waals surface area contributed by atoms with Crippen LogP contribution in [0, 0.1) is 0 Å². The molecule has 1 aliphatic rings. The largest absolute Gasteiger partial charge is 0.497 e. The average Bonchev–Trinajstić information content (AvgIpc) is 3.19. The molecule has 1 fully saturated rings. The molecule has 1 aliphatic carbocycles. The number of anilines is 1. The molecule has 0 bridgehead atoms. The van der Waals surface area contributed by atoms with Gasteiger partial charge >= 0.3 is 0 Å². The smallest absolute Gasteiger partial charge is 0.261 e. The molecule has 0 unspecified atom stereocenters. The van der Waals surface area contributed by atoms with Crippen molar-refractivity contribution in [1.82, 2.24) is 5.32 Å². The van der Waals surface area contributed by atoms with Crippen molar-refractivity contribution < 1.29 is 22.7 Å². The number of sulfonamides is 1. The number of nitrogens with one attached hydrogen (secondary N) is 2. The van der Waals surface area contributed by atoms with Crippen LogP contribution in [0.25, 0.3) is 0 Å². The van der Waals surface area contributed by atoms with Gasteiger partial charge in [-0.1, -0.05) is 18.9 Å². The molecule has 0 atom stereocenters. The van der Waals surface area contributed by atoms with E-state index in [-0.39, 0.29) is 23.5 Å². The van der Waals surface area contributed by atoms with Crippen LogP contribution in [0.15, 0.2) is 53.4 Å². The van der Waals surface area contributed by atoms with E-state index in [1.54, 1.807) is 24.3 Å². The Hall–Kier alpha value is -2.74. The number of carbonyl (C=O) groups excluding carboxylic acids is 1. The highest BCUT2D eigenvalue weighted by atomic mass is 32.2. The Labute approximate surface area is 165 Å². The zero-order chi connectivity index (χ0) is 20.0. The normalized spacial score (nSPS) is 14.5. The molecule has 2 aromatic rings. The first-order valence-corrected chi connectivity index (χ1v) is 10.6. The van der Waals surface area contributed by atoms with E-state index in [1.165, 1.54) is 31.4 Å². The van der Waals surface area contributed by atoms with E-state index in [4.69, 9.17) is 9.47 Å². The summed E-state index contributed by atoms with van der Waals surface area (Å²) in [4.78, 5) is 12.0. The Kier molecular flexibility index (Phi) is 6.41. The number of hydrogen-bond donors (Lipinski definition) is 2. The van der Waals surface area contributed by atoms with Gasteiger partial charge in [0, 0.05) is 12.1 Å². The average molecular weight is 404 g/mol. The summed E-state index contributed by atoms with van der Waals surface area (Å²) in [7, 11) is -2.23. The van der Waals surface area contributed by atoms with Gasteiger partial charge in [0.2, 0.25) is 0 Å². The van der Waals surface area contributed by atoms with Gasteiger partial charge in [-0.2, -0.15) is 0 Å². The van der Waals surface area contributed by atoms with Gasteiger partial charge in [-0.15, -0.1) is 0 Å².